The fourth-order valence-electron chi connectivity index (χ4n) is 2.47. The maximum Gasteiger partial charge on any atom is 0.320 e. The summed E-state index contributed by atoms with van der Waals surface area (Å²) in [6.45, 7) is 3.60. The van der Waals surface area contributed by atoms with Gasteiger partial charge in [-0.2, -0.15) is 0 Å². The first kappa shape index (κ1) is 13.5. The van der Waals surface area contributed by atoms with E-state index in [1.165, 1.54) is 0 Å². The van der Waals surface area contributed by atoms with E-state index in [1.807, 2.05) is 0 Å². The van der Waals surface area contributed by atoms with Crippen molar-refractivity contribution in [3.63, 3.8) is 0 Å². The Hall–Kier alpha value is -0.610. The standard InChI is InChI=1S/C12H23NO3/c1-3-10(9-16-2)13-8-6-4-5-7-11(13)12(14)15/h10-11H,3-9H2,1-2H3,(H,14,15). The lowest BCUT2D eigenvalue weighted by Gasteiger charge is -2.33. The lowest BCUT2D eigenvalue weighted by atomic mass is 10.1. The third-order valence-electron chi connectivity index (χ3n) is 3.38. The van der Waals surface area contributed by atoms with Crippen LogP contribution in [0.25, 0.3) is 0 Å². The molecule has 1 aliphatic heterocycles. The molecular weight excluding hydrogens is 206 g/mol. The second-order valence-electron chi connectivity index (χ2n) is 4.46. The number of likely N-dealkylation sites (tertiary alicyclic amines) is 1. The third kappa shape index (κ3) is 3.46. The predicted octanol–water partition coefficient (Wildman–Crippen LogP) is 1.74. The Morgan fingerprint density at radius 3 is 2.81 bits per heavy atom. The average molecular weight is 229 g/mol. The number of carbonyl (C=O) groups is 1. The van der Waals surface area contributed by atoms with Crippen LogP contribution in [0.2, 0.25) is 0 Å². The van der Waals surface area contributed by atoms with Crippen LogP contribution in [0.5, 0.6) is 0 Å². The van der Waals surface area contributed by atoms with Gasteiger partial charge in [-0.3, -0.25) is 9.69 Å². The van der Waals surface area contributed by atoms with Gasteiger partial charge in [0.25, 0.3) is 0 Å². The van der Waals surface area contributed by atoms with Crippen LogP contribution in [0.15, 0.2) is 0 Å². The van der Waals surface area contributed by atoms with E-state index in [1.54, 1.807) is 7.11 Å². The van der Waals surface area contributed by atoms with E-state index >= 15 is 0 Å². The van der Waals surface area contributed by atoms with E-state index in [2.05, 4.69) is 11.8 Å². The lowest BCUT2D eigenvalue weighted by Crippen LogP contribution is -2.48. The highest BCUT2D eigenvalue weighted by molar-refractivity contribution is 5.73. The van der Waals surface area contributed by atoms with Crippen molar-refractivity contribution in [3.8, 4) is 0 Å². The molecule has 0 aromatic rings. The number of carboxylic acids is 1. The van der Waals surface area contributed by atoms with E-state index < -0.39 is 5.97 Å². The Balaban J connectivity index is 2.72. The van der Waals surface area contributed by atoms with Crippen LogP contribution in [0.4, 0.5) is 0 Å². The fourth-order valence-corrected chi connectivity index (χ4v) is 2.47. The Bertz CT molecular complexity index is 220. The maximum absolute atomic E-state index is 11.3. The lowest BCUT2D eigenvalue weighted by molar-refractivity contribution is -0.145. The van der Waals surface area contributed by atoms with Gasteiger partial charge in [0.1, 0.15) is 6.04 Å². The molecule has 4 nitrogen and oxygen atoms in total. The Morgan fingerprint density at radius 1 is 1.50 bits per heavy atom. The fraction of sp³-hybridized carbons (Fsp3) is 0.917. The van der Waals surface area contributed by atoms with Crippen LogP contribution in [-0.2, 0) is 9.53 Å². The highest BCUT2D eigenvalue weighted by atomic mass is 16.5. The molecular formula is C12H23NO3. The molecule has 1 N–H and O–H groups in total. The molecule has 16 heavy (non-hydrogen) atoms. The molecule has 1 aliphatic rings. The molecule has 0 bridgehead atoms. The van der Waals surface area contributed by atoms with Crippen molar-refractivity contribution >= 4 is 5.97 Å². The van der Waals surface area contributed by atoms with Crippen LogP contribution in [-0.4, -0.2) is 48.3 Å². The van der Waals surface area contributed by atoms with Gasteiger partial charge >= 0.3 is 5.97 Å². The second-order valence-corrected chi connectivity index (χ2v) is 4.46. The summed E-state index contributed by atoms with van der Waals surface area (Å²) in [7, 11) is 1.68. The highest BCUT2D eigenvalue weighted by Gasteiger charge is 2.31. The molecule has 0 saturated carbocycles. The highest BCUT2D eigenvalue weighted by Crippen LogP contribution is 2.21. The summed E-state index contributed by atoms with van der Waals surface area (Å²) in [6, 6.07) is -0.0770. The minimum Gasteiger partial charge on any atom is -0.480 e. The van der Waals surface area contributed by atoms with Gasteiger partial charge in [-0.1, -0.05) is 19.8 Å². The van der Waals surface area contributed by atoms with Gasteiger partial charge in [0, 0.05) is 13.2 Å². The first-order valence-corrected chi connectivity index (χ1v) is 6.18. The number of methoxy groups -OCH3 is 1. The number of ether oxygens (including phenoxy) is 1. The summed E-state index contributed by atoms with van der Waals surface area (Å²) >= 11 is 0. The van der Waals surface area contributed by atoms with Crippen molar-refractivity contribution in [2.24, 2.45) is 0 Å². The number of aliphatic carboxylic acids is 1. The Kier molecular flexibility index (Phi) is 5.77. The van der Waals surface area contributed by atoms with Crippen molar-refractivity contribution in [1.82, 2.24) is 4.90 Å². The van der Waals surface area contributed by atoms with Crippen LogP contribution in [0.1, 0.15) is 39.0 Å². The molecule has 0 spiro atoms. The van der Waals surface area contributed by atoms with Crippen molar-refractivity contribution < 1.29 is 14.6 Å². The number of carboxylic acid groups (broad SMARTS) is 1. The Labute approximate surface area is 97.6 Å². The quantitative estimate of drug-likeness (QED) is 0.780. The zero-order valence-electron chi connectivity index (χ0n) is 10.3. The second kappa shape index (κ2) is 6.86. The molecule has 1 saturated heterocycles. The molecule has 0 aromatic carbocycles. The monoisotopic (exact) mass is 229 g/mol. The summed E-state index contributed by atoms with van der Waals surface area (Å²) in [5.41, 5.74) is 0. The van der Waals surface area contributed by atoms with Crippen molar-refractivity contribution in [2.45, 2.75) is 51.1 Å². The zero-order chi connectivity index (χ0) is 12.0. The summed E-state index contributed by atoms with van der Waals surface area (Å²) in [5, 5.41) is 9.26. The molecule has 1 rings (SSSR count). The third-order valence-corrected chi connectivity index (χ3v) is 3.38. The average Bonchev–Trinajstić information content (AvgIpc) is 2.51. The smallest absolute Gasteiger partial charge is 0.320 e. The maximum atomic E-state index is 11.3. The largest absolute Gasteiger partial charge is 0.480 e. The van der Waals surface area contributed by atoms with Gasteiger partial charge in [-0.05, 0) is 25.8 Å². The minimum atomic E-state index is -0.684. The molecule has 0 aromatic heterocycles. The Morgan fingerprint density at radius 2 is 2.25 bits per heavy atom. The number of nitrogens with zero attached hydrogens (tertiary/aromatic N) is 1. The van der Waals surface area contributed by atoms with Gasteiger partial charge in [0.15, 0.2) is 0 Å². The first-order valence-electron chi connectivity index (χ1n) is 6.18. The van der Waals surface area contributed by atoms with E-state index in [-0.39, 0.29) is 12.1 Å². The molecule has 1 fully saturated rings. The molecule has 94 valence electrons. The normalized spacial score (nSPS) is 25.0. The van der Waals surface area contributed by atoms with Crippen LogP contribution in [0, 0.1) is 0 Å². The van der Waals surface area contributed by atoms with Gasteiger partial charge in [-0.15, -0.1) is 0 Å². The summed E-state index contributed by atoms with van der Waals surface area (Å²) < 4.78 is 5.18. The molecule has 0 radical (unpaired) electrons. The van der Waals surface area contributed by atoms with Crippen molar-refractivity contribution in [3.05, 3.63) is 0 Å². The zero-order valence-corrected chi connectivity index (χ0v) is 10.3. The summed E-state index contributed by atoms with van der Waals surface area (Å²) in [6.07, 6.45) is 4.98. The predicted molar refractivity (Wildman–Crippen MR) is 62.6 cm³/mol. The minimum absolute atomic E-state index is 0.240. The molecule has 2 unspecified atom stereocenters. The first-order chi connectivity index (χ1) is 7.70. The summed E-state index contributed by atoms with van der Waals surface area (Å²) in [5.74, 6) is -0.684. The molecule has 0 amide bonds. The van der Waals surface area contributed by atoms with E-state index in [0.717, 1.165) is 38.6 Å². The van der Waals surface area contributed by atoms with Crippen LogP contribution in [0.3, 0.4) is 0 Å². The van der Waals surface area contributed by atoms with E-state index in [0.29, 0.717) is 6.61 Å². The van der Waals surface area contributed by atoms with Gasteiger partial charge < -0.3 is 9.84 Å². The van der Waals surface area contributed by atoms with E-state index in [4.69, 9.17) is 4.74 Å². The molecule has 1 heterocycles. The van der Waals surface area contributed by atoms with E-state index in [9.17, 15) is 9.90 Å². The van der Waals surface area contributed by atoms with Gasteiger partial charge in [0.2, 0.25) is 0 Å². The van der Waals surface area contributed by atoms with Crippen molar-refractivity contribution in [2.75, 3.05) is 20.3 Å². The molecule has 2 atom stereocenters. The summed E-state index contributed by atoms with van der Waals surface area (Å²) in [4.78, 5) is 13.4. The van der Waals surface area contributed by atoms with Crippen LogP contribution < -0.4 is 0 Å². The SMILES string of the molecule is CCC(COC)N1CCCCCC1C(=O)O. The molecule has 4 heteroatoms. The molecule has 0 aliphatic carbocycles. The number of hydrogen-bond acceptors (Lipinski definition) is 3. The topological polar surface area (TPSA) is 49.8 Å². The van der Waals surface area contributed by atoms with Crippen molar-refractivity contribution in [1.29, 1.82) is 0 Å². The number of rotatable bonds is 5. The van der Waals surface area contributed by atoms with Gasteiger partial charge in [-0.25, -0.2) is 0 Å². The van der Waals surface area contributed by atoms with Crippen LogP contribution >= 0.6 is 0 Å². The number of hydrogen-bond donors (Lipinski definition) is 1. The van der Waals surface area contributed by atoms with Gasteiger partial charge in [0.05, 0.1) is 6.61 Å².